The molecule has 0 spiro atoms. The van der Waals surface area contributed by atoms with Crippen LogP contribution in [0, 0.1) is 11.7 Å². The summed E-state index contributed by atoms with van der Waals surface area (Å²) >= 11 is 0. The van der Waals surface area contributed by atoms with E-state index in [1.807, 2.05) is 30.3 Å². The minimum atomic E-state index is -4.67. The van der Waals surface area contributed by atoms with Gasteiger partial charge in [-0.15, -0.1) is 0 Å². The van der Waals surface area contributed by atoms with Gasteiger partial charge in [-0.25, -0.2) is 4.39 Å². The van der Waals surface area contributed by atoms with Crippen molar-refractivity contribution in [2.24, 2.45) is 10.9 Å². The predicted molar refractivity (Wildman–Crippen MR) is 136 cm³/mol. The molecule has 0 bridgehead atoms. The highest BCUT2D eigenvalue weighted by atomic mass is 19.4. The van der Waals surface area contributed by atoms with Crippen LogP contribution < -0.4 is 5.32 Å². The van der Waals surface area contributed by atoms with Crippen LogP contribution in [0.25, 0.3) is 0 Å². The number of alkyl halides is 3. The molecule has 0 aromatic heterocycles. The molecule has 3 atom stereocenters. The van der Waals surface area contributed by atoms with Crippen molar-refractivity contribution in [2.75, 3.05) is 5.32 Å². The van der Waals surface area contributed by atoms with Crippen LogP contribution in [0.4, 0.5) is 23.2 Å². The molecule has 5 rings (SSSR count). The van der Waals surface area contributed by atoms with Gasteiger partial charge >= 0.3 is 6.18 Å². The van der Waals surface area contributed by atoms with Crippen molar-refractivity contribution < 1.29 is 27.2 Å². The van der Waals surface area contributed by atoms with Crippen molar-refractivity contribution >= 4 is 23.1 Å². The van der Waals surface area contributed by atoms with Crippen LogP contribution in [0.2, 0.25) is 0 Å². The van der Waals surface area contributed by atoms with Gasteiger partial charge in [0.25, 0.3) is 0 Å². The molecule has 1 amide bonds. The van der Waals surface area contributed by atoms with E-state index in [4.69, 9.17) is 0 Å². The smallest absolute Gasteiger partial charge is 0.325 e. The first kappa shape index (κ1) is 25.6. The fraction of sp³-hybridized carbons (Fsp3) is 0.233. The summed E-state index contributed by atoms with van der Waals surface area (Å²) in [6.45, 7) is 1.64. The summed E-state index contributed by atoms with van der Waals surface area (Å²) < 4.78 is 54.5. The van der Waals surface area contributed by atoms with Gasteiger partial charge in [0.1, 0.15) is 5.82 Å². The first-order valence-electron chi connectivity index (χ1n) is 12.2. The monoisotopic (exact) mass is 520 g/mol. The van der Waals surface area contributed by atoms with Crippen LogP contribution in [-0.2, 0) is 15.8 Å². The number of benzene rings is 3. The zero-order valence-corrected chi connectivity index (χ0v) is 20.4. The van der Waals surface area contributed by atoms with Crippen LogP contribution in [0.15, 0.2) is 95.1 Å². The summed E-state index contributed by atoms with van der Waals surface area (Å²) in [7, 11) is 0. The third-order valence-corrected chi connectivity index (χ3v) is 7.16. The molecule has 0 saturated carbocycles. The lowest BCUT2D eigenvalue weighted by molar-refractivity contribution is -0.137. The summed E-state index contributed by atoms with van der Waals surface area (Å²) in [5.41, 5.74) is 1.46. The number of para-hydroxylation sites is 1. The maximum Gasteiger partial charge on any atom is 0.418 e. The molecule has 4 nitrogen and oxygen atoms in total. The summed E-state index contributed by atoms with van der Waals surface area (Å²) in [4.78, 5) is 31.9. The molecular formula is C30H24F4N2O2. The van der Waals surface area contributed by atoms with Crippen molar-refractivity contribution in [3.63, 3.8) is 0 Å². The number of halogens is 4. The second-order valence-corrected chi connectivity index (χ2v) is 9.59. The number of nitrogens with zero attached hydrogens (tertiary/aromatic N) is 1. The van der Waals surface area contributed by atoms with Crippen molar-refractivity contribution in [1.82, 2.24) is 0 Å². The Labute approximate surface area is 217 Å². The quantitative estimate of drug-likeness (QED) is 0.375. The highest BCUT2D eigenvalue weighted by Crippen LogP contribution is 2.47. The molecule has 2 aliphatic rings. The summed E-state index contributed by atoms with van der Waals surface area (Å²) in [5.74, 6) is -3.34. The van der Waals surface area contributed by atoms with E-state index in [-0.39, 0.29) is 23.8 Å². The first-order valence-corrected chi connectivity index (χ1v) is 12.2. The number of anilines is 1. The fourth-order valence-electron chi connectivity index (χ4n) is 5.44. The molecule has 3 aromatic rings. The summed E-state index contributed by atoms with van der Waals surface area (Å²) in [5, 5.41) is 2.43. The van der Waals surface area contributed by atoms with E-state index in [2.05, 4.69) is 10.3 Å². The molecule has 1 aliphatic heterocycles. The topological polar surface area (TPSA) is 58.5 Å². The second kappa shape index (κ2) is 10.0. The van der Waals surface area contributed by atoms with Gasteiger partial charge < -0.3 is 5.32 Å². The number of nitrogens with one attached hydrogen (secondary N) is 1. The molecule has 1 unspecified atom stereocenters. The van der Waals surface area contributed by atoms with Crippen LogP contribution in [0.3, 0.4) is 0 Å². The number of rotatable bonds is 4. The molecular weight excluding hydrogens is 496 g/mol. The van der Waals surface area contributed by atoms with Gasteiger partial charge in [0.15, 0.2) is 5.78 Å². The van der Waals surface area contributed by atoms with Crippen LogP contribution in [0.1, 0.15) is 48.3 Å². The molecule has 1 N–H and O–H groups in total. The lowest BCUT2D eigenvalue weighted by atomic mass is 9.69. The third-order valence-electron chi connectivity index (χ3n) is 7.16. The maximum atomic E-state index is 13.8. The van der Waals surface area contributed by atoms with E-state index in [0.29, 0.717) is 29.0 Å². The van der Waals surface area contributed by atoms with Crippen LogP contribution >= 0.6 is 0 Å². The number of aliphatic imine (C=N–C) groups is 1. The Bertz CT molecular complexity index is 1440. The minimum Gasteiger partial charge on any atom is -0.325 e. The van der Waals surface area contributed by atoms with E-state index in [0.717, 1.165) is 11.6 Å². The summed E-state index contributed by atoms with van der Waals surface area (Å²) in [6.07, 6.45) is -3.98. The number of amides is 1. The second-order valence-electron chi connectivity index (χ2n) is 9.59. The molecule has 1 aliphatic carbocycles. The van der Waals surface area contributed by atoms with Gasteiger partial charge in [0, 0.05) is 29.3 Å². The Morgan fingerprint density at radius 2 is 1.55 bits per heavy atom. The Morgan fingerprint density at radius 1 is 0.895 bits per heavy atom. The van der Waals surface area contributed by atoms with Gasteiger partial charge in [-0.3, -0.25) is 14.6 Å². The average molecular weight is 521 g/mol. The van der Waals surface area contributed by atoms with Crippen molar-refractivity contribution in [3.8, 4) is 0 Å². The van der Waals surface area contributed by atoms with E-state index < -0.39 is 35.3 Å². The van der Waals surface area contributed by atoms with Gasteiger partial charge in [-0.2, -0.15) is 13.2 Å². The molecule has 38 heavy (non-hydrogen) atoms. The molecule has 194 valence electrons. The van der Waals surface area contributed by atoms with Gasteiger partial charge in [0.2, 0.25) is 5.91 Å². The third kappa shape index (κ3) is 4.90. The zero-order valence-electron chi connectivity index (χ0n) is 20.4. The zero-order chi connectivity index (χ0) is 27.0. The molecule has 0 fully saturated rings. The first-order chi connectivity index (χ1) is 18.1. The van der Waals surface area contributed by atoms with Gasteiger partial charge in [0.05, 0.1) is 17.2 Å². The number of allylic oxidation sites excluding steroid dienone is 2. The lowest BCUT2D eigenvalue weighted by Gasteiger charge is -2.37. The van der Waals surface area contributed by atoms with E-state index in [1.54, 1.807) is 6.92 Å². The number of carbonyl (C=O) groups excluding carboxylic acids is 2. The van der Waals surface area contributed by atoms with Gasteiger partial charge in [-0.05, 0) is 54.7 Å². The predicted octanol–water partition coefficient (Wildman–Crippen LogP) is 7.06. The van der Waals surface area contributed by atoms with E-state index in [9.17, 15) is 27.2 Å². The highest BCUT2D eigenvalue weighted by molar-refractivity contribution is 6.13. The standard InChI is InChI=1S/C30H24F4N2O2/c1-17-26(29(38)36-23-10-6-5-9-22(23)30(32,33)34)27(19-11-13-21(31)14-12-19)28-24(35-17)15-20(16-25(28)37)18-7-3-2-4-8-18/h2-14,20,26-27H,15-16H2,1H3,(H,36,38)/t20-,26?,27-/m0/s1. The highest BCUT2D eigenvalue weighted by Gasteiger charge is 2.44. The maximum absolute atomic E-state index is 13.8. The Balaban J connectivity index is 1.56. The molecule has 1 heterocycles. The Kier molecular flexibility index (Phi) is 6.73. The van der Waals surface area contributed by atoms with Gasteiger partial charge in [-0.1, -0.05) is 54.6 Å². The number of carbonyl (C=O) groups is 2. The van der Waals surface area contributed by atoms with E-state index in [1.165, 1.54) is 42.5 Å². The van der Waals surface area contributed by atoms with E-state index >= 15 is 0 Å². The Hall–Kier alpha value is -4.07. The SMILES string of the molecule is CC1=NC2=C(C(=O)C[C@@H](c3ccccc3)C2)[C@@H](c2ccc(F)cc2)C1C(=O)Nc1ccccc1C(F)(F)F. The van der Waals surface area contributed by atoms with Crippen molar-refractivity contribution in [3.05, 3.63) is 113 Å². The van der Waals surface area contributed by atoms with Crippen molar-refractivity contribution in [1.29, 1.82) is 0 Å². The van der Waals surface area contributed by atoms with Crippen LogP contribution in [0.5, 0.6) is 0 Å². The molecule has 3 aromatic carbocycles. The minimum absolute atomic E-state index is 0.0862. The fourth-order valence-corrected chi connectivity index (χ4v) is 5.44. The number of hydrogen-bond acceptors (Lipinski definition) is 3. The average Bonchev–Trinajstić information content (AvgIpc) is 2.88. The molecule has 0 saturated heterocycles. The largest absolute Gasteiger partial charge is 0.418 e. The molecule has 0 radical (unpaired) electrons. The number of ketones is 1. The normalized spacial score (nSPS) is 21.6. The lowest BCUT2D eigenvalue weighted by Crippen LogP contribution is -2.40. The molecule has 8 heteroatoms. The Morgan fingerprint density at radius 3 is 2.24 bits per heavy atom. The number of Topliss-reactive ketones (excluding diaryl/α,β-unsaturated/α-hetero) is 1. The van der Waals surface area contributed by atoms with Crippen LogP contribution in [-0.4, -0.2) is 17.4 Å². The summed E-state index contributed by atoms with van der Waals surface area (Å²) in [6, 6.07) is 19.8. The van der Waals surface area contributed by atoms with Crippen molar-refractivity contribution in [2.45, 2.75) is 37.8 Å². The number of hydrogen-bond donors (Lipinski definition) is 1.